The minimum absolute atomic E-state index is 0.485. The van der Waals surface area contributed by atoms with E-state index in [4.69, 9.17) is 4.74 Å². The lowest BCUT2D eigenvalue weighted by Crippen LogP contribution is -2.42. The van der Waals surface area contributed by atoms with E-state index in [-0.39, 0.29) is 0 Å². The highest BCUT2D eigenvalue weighted by Crippen LogP contribution is 2.48. The summed E-state index contributed by atoms with van der Waals surface area (Å²) in [6.07, 6.45) is 9.57. The van der Waals surface area contributed by atoms with Gasteiger partial charge in [0.25, 0.3) is 0 Å². The molecule has 2 aliphatic carbocycles. The monoisotopic (exact) mass is 293 g/mol. The topological polar surface area (TPSA) is 36.9 Å². The molecule has 0 bridgehead atoms. The Kier molecular flexibility index (Phi) is 4.72. The van der Waals surface area contributed by atoms with Crippen LogP contribution in [0.2, 0.25) is 0 Å². The second-order valence-electron chi connectivity index (χ2n) is 7.35. The summed E-state index contributed by atoms with van der Waals surface area (Å²) >= 11 is 0. The zero-order chi connectivity index (χ0) is 14.7. The normalized spacial score (nSPS) is 31.1. The van der Waals surface area contributed by atoms with E-state index in [1.807, 2.05) is 7.05 Å². The predicted molar refractivity (Wildman–Crippen MR) is 86.5 cm³/mol. The molecule has 120 valence electrons. The van der Waals surface area contributed by atoms with Gasteiger partial charge < -0.3 is 15.0 Å². The van der Waals surface area contributed by atoms with E-state index in [0.29, 0.717) is 5.41 Å². The van der Waals surface area contributed by atoms with E-state index < -0.39 is 0 Å². The number of hydrogen-bond donors (Lipinski definition) is 1. The van der Waals surface area contributed by atoms with Crippen molar-refractivity contribution in [1.82, 2.24) is 10.2 Å². The molecule has 0 spiro atoms. The number of aliphatic imine (C=N–C) groups is 1. The largest absolute Gasteiger partial charge is 0.385 e. The number of likely N-dealkylation sites (tertiary alicyclic amines) is 1. The van der Waals surface area contributed by atoms with E-state index >= 15 is 0 Å². The Morgan fingerprint density at radius 3 is 2.43 bits per heavy atom. The number of nitrogens with one attached hydrogen (secondary N) is 1. The van der Waals surface area contributed by atoms with Crippen LogP contribution in [-0.4, -0.2) is 51.3 Å². The molecular formula is C17H31N3O. The maximum Gasteiger partial charge on any atom is 0.193 e. The van der Waals surface area contributed by atoms with Gasteiger partial charge in [0.2, 0.25) is 0 Å². The Hall–Kier alpha value is -0.770. The van der Waals surface area contributed by atoms with Gasteiger partial charge >= 0.3 is 0 Å². The lowest BCUT2D eigenvalue weighted by molar-refractivity contribution is 0.172. The second-order valence-corrected chi connectivity index (χ2v) is 7.35. The van der Waals surface area contributed by atoms with Gasteiger partial charge in [0.15, 0.2) is 5.96 Å². The lowest BCUT2D eigenvalue weighted by atomic mass is 9.82. The Morgan fingerprint density at radius 1 is 1.24 bits per heavy atom. The fraction of sp³-hybridized carbons (Fsp3) is 0.941. The van der Waals surface area contributed by atoms with Gasteiger partial charge in [0.1, 0.15) is 0 Å². The molecule has 2 unspecified atom stereocenters. The maximum atomic E-state index is 5.25. The third-order valence-corrected chi connectivity index (χ3v) is 5.90. The number of guanidine groups is 1. The van der Waals surface area contributed by atoms with Crippen molar-refractivity contribution < 1.29 is 4.74 Å². The van der Waals surface area contributed by atoms with Gasteiger partial charge in [-0.2, -0.15) is 0 Å². The molecule has 0 aromatic heterocycles. The highest BCUT2D eigenvalue weighted by molar-refractivity contribution is 5.80. The summed E-state index contributed by atoms with van der Waals surface area (Å²) in [7, 11) is 3.73. The summed E-state index contributed by atoms with van der Waals surface area (Å²) in [5.74, 6) is 2.97. The Balaban J connectivity index is 1.50. The highest BCUT2D eigenvalue weighted by Gasteiger charge is 2.42. The molecule has 3 aliphatic rings. The molecule has 0 aromatic rings. The van der Waals surface area contributed by atoms with Crippen LogP contribution >= 0.6 is 0 Å². The fourth-order valence-electron chi connectivity index (χ4n) is 4.19. The first-order valence-corrected chi connectivity index (χ1v) is 8.71. The molecule has 1 heterocycles. The summed E-state index contributed by atoms with van der Waals surface area (Å²) in [6.45, 7) is 4.38. The summed E-state index contributed by atoms with van der Waals surface area (Å²) in [6, 6.07) is 0. The van der Waals surface area contributed by atoms with Crippen molar-refractivity contribution in [1.29, 1.82) is 0 Å². The van der Waals surface area contributed by atoms with Crippen molar-refractivity contribution in [2.24, 2.45) is 22.2 Å². The van der Waals surface area contributed by atoms with Gasteiger partial charge in [0.05, 0.1) is 0 Å². The van der Waals surface area contributed by atoms with Crippen molar-refractivity contribution in [3.05, 3.63) is 0 Å². The molecular weight excluding hydrogens is 262 g/mol. The first-order chi connectivity index (χ1) is 10.3. The zero-order valence-corrected chi connectivity index (χ0v) is 13.7. The quantitative estimate of drug-likeness (QED) is 0.625. The van der Waals surface area contributed by atoms with Crippen LogP contribution < -0.4 is 5.32 Å². The number of methoxy groups -OCH3 is 1. The van der Waals surface area contributed by atoms with E-state index in [2.05, 4.69) is 15.2 Å². The number of hydrogen-bond acceptors (Lipinski definition) is 2. The van der Waals surface area contributed by atoms with Crippen molar-refractivity contribution in [2.45, 2.75) is 44.9 Å². The molecule has 0 radical (unpaired) electrons. The van der Waals surface area contributed by atoms with Gasteiger partial charge in [0, 0.05) is 40.4 Å². The Bertz CT molecular complexity index is 364. The SMILES string of the molecule is CN=C(NCC1(CCOC)CC1)N1CC2CCCCC2C1. The van der Waals surface area contributed by atoms with Crippen molar-refractivity contribution in [3.8, 4) is 0 Å². The summed E-state index contributed by atoms with van der Waals surface area (Å²) in [5, 5.41) is 3.65. The van der Waals surface area contributed by atoms with E-state index in [0.717, 1.165) is 30.9 Å². The van der Waals surface area contributed by atoms with E-state index in [9.17, 15) is 0 Å². The molecule has 0 amide bonds. The van der Waals surface area contributed by atoms with Crippen LogP contribution in [0.15, 0.2) is 4.99 Å². The second kappa shape index (κ2) is 6.55. The van der Waals surface area contributed by atoms with E-state index in [1.54, 1.807) is 7.11 Å². The first-order valence-electron chi connectivity index (χ1n) is 8.71. The van der Waals surface area contributed by atoms with Crippen LogP contribution in [0, 0.1) is 17.3 Å². The molecule has 2 saturated carbocycles. The molecule has 3 rings (SSSR count). The standard InChI is InChI=1S/C17H31N3O/c1-18-16(19-13-17(7-8-17)9-10-21-2)20-11-14-5-3-4-6-15(14)12-20/h14-15H,3-13H2,1-2H3,(H,18,19). The van der Waals surface area contributed by atoms with Crippen molar-refractivity contribution in [3.63, 3.8) is 0 Å². The minimum atomic E-state index is 0.485. The molecule has 1 N–H and O–H groups in total. The van der Waals surface area contributed by atoms with Gasteiger partial charge in [-0.1, -0.05) is 12.8 Å². The summed E-state index contributed by atoms with van der Waals surface area (Å²) in [4.78, 5) is 7.05. The average Bonchev–Trinajstić information content (AvgIpc) is 3.15. The molecule has 4 heteroatoms. The van der Waals surface area contributed by atoms with Crippen LogP contribution in [-0.2, 0) is 4.74 Å². The summed E-state index contributed by atoms with van der Waals surface area (Å²) < 4.78 is 5.25. The fourth-order valence-corrected chi connectivity index (χ4v) is 4.19. The molecule has 21 heavy (non-hydrogen) atoms. The Labute approximate surface area is 129 Å². The van der Waals surface area contributed by atoms with Crippen LogP contribution in [0.25, 0.3) is 0 Å². The van der Waals surface area contributed by atoms with Crippen LogP contribution in [0.5, 0.6) is 0 Å². The van der Waals surface area contributed by atoms with Crippen molar-refractivity contribution >= 4 is 5.96 Å². The third-order valence-electron chi connectivity index (χ3n) is 5.90. The van der Waals surface area contributed by atoms with Crippen LogP contribution in [0.1, 0.15) is 44.9 Å². The molecule has 3 fully saturated rings. The minimum Gasteiger partial charge on any atom is -0.385 e. The Morgan fingerprint density at radius 2 is 1.90 bits per heavy atom. The smallest absolute Gasteiger partial charge is 0.193 e. The predicted octanol–water partition coefficient (Wildman–Crippen LogP) is 2.50. The molecule has 1 aliphatic heterocycles. The molecule has 2 atom stereocenters. The number of ether oxygens (including phenoxy) is 1. The molecule has 0 aromatic carbocycles. The number of nitrogens with zero attached hydrogens (tertiary/aromatic N) is 2. The molecule has 4 nitrogen and oxygen atoms in total. The number of rotatable bonds is 5. The van der Waals surface area contributed by atoms with Gasteiger partial charge in [-0.15, -0.1) is 0 Å². The maximum absolute atomic E-state index is 5.25. The highest BCUT2D eigenvalue weighted by atomic mass is 16.5. The first kappa shape index (κ1) is 15.1. The van der Waals surface area contributed by atoms with Gasteiger partial charge in [-0.25, -0.2) is 0 Å². The van der Waals surface area contributed by atoms with Crippen LogP contribution in [0.3, 0.4) is 0 Å². The lowest BCUT2D eigenvalue weighted by Gasteiger charge is -2.24. The van der Waals surface area contributed by atoms with E-state index in [1.165, 1.54) is 58.0 Å². The zero-order valence-electron chi connectivity index (χ0n) is 13.7. The van der Waals surface area contributed by atoms with Crippen LogP contribution in [0.4, 0.5) is 0 Å². The average molecular weight is 293 g/mol. The van der Waals surface area contributed by atoms with Gasteiger partial charge in [-0.3, -0.25) is 4.99 Å². The van der Waals surface area contributed by atoms with Gasteiger partial charge in [-0.05, 0) is 49.4 Å². The molecule has 1 saturated heterocycles. The third kappa shape index (κ3) is 3.53. The van der Waals surface area contributed by atoms with Crippen molar-refractivity contribution in [2.75, 3.05) is 40.4 Å². The summed E-state index contributed by atoms with van der Waals surface area (Å²) in [5.41, 5.74) is 0.485. The number of fused-ring (bicyclic) bond motifs is 1.